The lowest BCUT2D eigenvalue weighted by Gasteiger charge is -2.32. The van der Waals surface area contributed by atoms with Crippen LogP contribution in [-0.4, -0.2) is 17.6 Å². The molecule has 0 unspecified atom stereocenters. The molecule has 8 heteroatoms. The number of rotatable bonds is 3. The first-order valence-corrected chi connectivity index (χ1v) is 16.9. The molecule has 0 atom stereocenters. The van der Waals surface area contributed by atoms with E-state index in [-0.39, 0.29) is 6.42 Å². The number of carbonyl (C=O) groups is 1. The minimum atomic E-state index is -0.770. The van der Waals surface area contributed by atoms with Gasteiger partial charge < -0.3 is 25.4 Å². The number of anilines is 6. The molecule has 232 valence electrons. The molecule has 0 radical (unpaired) electrons. The van der Waals surface area contributed by atoms with Gasteiger partial charge in [0, 0.05) is 26.1 Å². The topological polar surface area (TPSA) is 73.8 Å². The van der Waals surface area contributed by atoms with Crippen molar-refractivity contribution in [2.45, 2.75) is 26.0 Å². The van der Waals surface area contributed by atoms with Gasteiger partial charge in [-0.2, -0.15) is 0 Å². The van der Waals surface area contributed by atoms with Crippen LogP contribution in [-0.2, 0) is 4.79 Å². The van der Waals surface area contributed by atoms with Crippen molar-refractivity contribution >= 4 is 63.6 Å². The lowest BCUT2D eigenvalue weighted by atomic mass is 10.2. The van der Waals surface area contributed by atoms with Crippen LogP contribution in [0.3, 0.4) is 0 Å². The number of hydrogen-bond acceptors (Lipinski definition) is 7. The zero-order valence-corrected chi connectivity index (χ0v) is 26.9. The molecule has 0 aliphatic carbocycles. The zero-order chi connectivity index (χ0) is 32.0. The first-order chi connectivity index (χ1) is 23.1. The van der Waals surface area contributed by atoms with Crippen LogP contribution in [0.1, 0.15) is 6.42 Å². The fourth-order valence-electron chi connectivity index (χ4n) is 5.39. The Bertz CT molecular complexity index is 1740. The summed E-state index contributed by atoms with van der Waals surface area (Å²) in [5.74, 6) is 0.991. The van der Waals surface area contributed by atoms with Gasteiger partial charge in [0.2, 0.25) is 0 Å². The van der Waals surface area contributed by atoms with Crippen LogP contribution in [0.25, 0.3) is 0 Å². The molecule has 6 nitrogen and oxygen atoms in total. The Kier molecular flexibility index (Phi) is 9.03. The van der Waals surface area contributed by atoms with Crippen LogP contribution in [0, 0.1) is 0 Å². The molecule has 9 rings (SSSR count). The minimum Gasteiger partial charge on any atom is -0.481 e. The SMILES string of the molecule is O=C(O)CCN1c2ccccc2Sc2ccccc21.c1ccc2c(c1)Nc1ccccc1O2.c1ccc2c(c1)Nc1ccccc1S2. The van der Waals surface area contributed by atoms with Crippen molar-refractivity contribution in [3.05, 3.63) is 146 Å². The third kappa shape index (κ3) is 6.94. The highest BCUT2D eigenvalue weighted by atomic mass is 32.2. The minimum absolute atomic E-state index is 0.132. The third-order valence-corrected chi connectivity index (χ3v) is 9.89. The molecule has 0 aromatic heterocycles. The summed E-state index contributed by atoms with van der Waals surface area (Å²) in [6, 6.07) is 48.8. The summed E-state index contributed by atoms with van der Waals surface area (Å²) in [5.41, 5.74) is 6.63. The van der Waals surface area contributed by atoms with E-state index < -0.39 is 5.97 Å². The second-order valence-corrected chi connectivity index (χ2v) is 12.9. The summed E-state index contributed by atoms with van der Waals surface area (Å²) in [4.78, 5) is 17.9. The molecule has 6 aromatic carbocycles. The van der Waals surface area contributed by atoms with Crippen molar-refractivity contribution in [2.75, 3.05) is 22.1 Å². The Balaban J connectivity index is 0.000000114. The van der Waals surface area contributed by atoms with Crippen LogP contribution in [0.15, 0.2) is 165 Å². The Morgan fingerprint density at radius 2 is 0.915 bits per heavy atom. The quantitative estimate of drug-likeness (QED) is 0.174. The van der Waals surface area contributed by atoms with E-state index in [1.54, 1.807) is 11.8 Å². The van der Waals surface area contributed by atoms with E-state index in [2.05, 4.69) is 76.2 Å². The number of carboxylic acid groups (broad SMARTS) is 1. The normalized spacial score (nSPS) is 12.5. The molecule has 47 heavy (non-hydrogen) atoms. The van der Waals surface area contributed by atoms with Gasteiger partial charge in [0.15, 0.2) is 11.5 Å². The van der Waals surface area contributed by atoms with Gasteiger partial charge >= 0.3 is 5.97 Å². The molecule has 0 saturated carbocycles. The van der Waals surface area contributed by atoms with Crippen molar-refractivity contribution in [1.29, 1.82) is 0 Å². The average molecular weight is 654 g/mol. The molecular formula is C39H31N3O3S2. The highest BCUT2D eigenvalue weighted by Gasteiger charge is 2.23. The Hall–Kier alpha value is -5.31. The molecule has 6 aromatic rings. The van der Waals surface area contributed by atoms with Gasteiger partial charge in [-0.15, -0.1) is 0 Å². The van der Waals surface area contributed by atoms with E-state index in [9.17, 15) is 4.79 Å². The first-order valence-electron chi connectivity index (χ1n) is 15.2. The maximum atomic E-state index is 10.8. The Morgan fingerprint density at radius 1 is 0.532 bits per heavy atom. The number of benzene rings is 6. The van der Waals surface area contributed by atoms with E-state index >= 15 is 0 Å². The lowest BCUT2D eigenvalue weighted by molar-refractivity contribution is -0.136. The number of para-hydroxylation sites is 8. The number of fused-ring (bicyclic) bond motifs is 6. The average Bonchev–Trinajstić information content (AvgIpc) is 3.12. The van der Waals surface area contributed by atoms with Gasteiger partial charge in [0.05, 0.1) is 40.5 Å². The van der Waals surface area contributed by atoms with Gasteiger partial charge in [-0.1, -0.05) is 96.3 Å². The van der Waals surface area contributed by atoms with Crippen LogP contribution in [0.4, 0.5) is 34.1 Å². The fourth-order valence-corrected chi connectivity index (χ4v) is 7.48. The highest BCUT2D eigenvalue weighted by molar-refractivity contribution is 8.00. The zero-order valence-electron chi connectivity index (χ0n) is 25.3. The molecular weight excluding hydrogens is 623 g/mol. The van der Waals surface area contributed by atoms with Crippen LogP contribution < -0.4 is 20.3 Å². The highest BCUT2D eigenvalue weighted by Crippen LogP contribution is 2.48. The van der Waals surface area contributed by atoms with Gasteiger partial charge in [0.1, 0.15) is 0 Å². The Morgan fingerprint density at radius 3 is 1.43 bits per heavy atom. The number of nitrogens with one attached hydrogen (secondary N) is 2. The molecule has 0 spiro atoms. The lowest BCUT2D eigenvalue weighted by Crippen LogP contribution is -2.23. The second kappa shape index (κ2) is 14.0. The van der Waals surface area contributed by atoms with Crippen molar-refractivity contribution in [3.8, 4) is 11.5 Å². The fraction of sp³-hybridized carbons (Fsp3) is 0.0513. The molecule has 3 N–H and O–H groups in total. The Labute approximate surface area is 282 Å². The van der Waals surface area contributed by atoms with Crippen LogP contribution in [0.5, 0.6) is 11.5 Å². The molecule has 0 amide bonds. The maximum Gasteiger partial charge on any atom is 0.305 e. The number of ether oxygens (including phenoxy) is 1. The first kappa shape index (κ1) is 30.3. The smallest absolute Gasteiger partial charge is 0.305 e. The molecule has 3 heterocycles. The van der Waals surface area contributed by atoms with Gasteiger partial charge in [-0.05, 0) is 72.8 Å². The standard InChI is InChI=1S/C15H13NO2S.C12H9NO.C12H9NS/c17-15(18)9-10-16-11-5-1-3-7-13(11)19-14-8-4-2-6-12(14)16;2*1-3-7-11-9(5-1)13-10-6-2-4-8-12(10)14-11/h1-8H,9-10H2,(H,17,18);2*1-8,13H. The molecule has 3 aliphatic rings. The van der Waals surface area contributed by atoms with Crippen molar-refractivity contribution in [3.63, 3.8) is 0 Å². The van der Waals surface area contributed by atoms with Gasteiger partial charge in [-0.25, -0.2) is 0 Å². The molecule has 3 aliphatic heterocycles. The van der Waals surface area contributed by atoms with E-state index in [0.29, 0.717) is 6.54 Å². The molecule has 0 fully saturated rings. The predicted octanol–water partition coefficient (Wildman–Crippen LogP) is 11.2. The summed E-state index contributed by atoms with van der Waals surface area (Å²) < 4.78 is 5.71. The van der Waals surface area contributed by atoms with E-state index in [1.807, 2.05) is 96.7 Å². The number of nitrogens with zero attached hydrogens (tertiary/aromatic N) is 1. The summed E-state index contributed by atoms with van der Waals surface area (Å²) >= 11 is 3.55. The molecule has 0 bridgehead atoms. The number of hydrogen-bond donors (Lipinski definition) is 3. The number of aliphatic carboxylic acids is 1. The monoisotopic (exact) mass is 653 g/mol. The summed E-state index contributed by atoms with van der Waals surface area (Å²) in [6.45, 7) is 0.490. The third-order valence-electron chi connectivity index (χ3n) is 7.61. The van der Waals surface area contributed by atoms with Crippen LogP contribution in [0.2, 0.25) is 0 Å². The largest absolute Gasteiger partial charge is 0.481 e. The predicted molar refractivity (Wildman–Crippen MR) is 193 cm³/mol. The van der Waals surface area contributed by atoms with Gasteiger partial charge in [-0.3, -0.25) is 4.79 Å². The summed E-state index contributed by atoms with van der Waals surface area (Å²) in [6.07, 6.45) is 0.132. The summed E-state index contributed by atoms with van der Waals surface area (Å²) in [5, 5.41) is 15.6. The van der Waals surface area contributed by atoms with Crippen molar-refractivity contribution < 1.29 is 14.6 Å². The van der Waals surface area contributed by atoms with Crippen LogP contribution >= 0.6 is 23.5 Å². The maximum absolute atomic E-state index is 10.8. The van der Waals surface area contributed by atoms with Gasteiger partial charge in [0.25, 0.3) is 0 Å². The van der Waals surface area contributed by atoms with Crippen molar-refractivity contribution in [1.82, 2.24) is 0 Å². The molecule has 0 saturated heterocycles. The van der Waals surface area contributed by atoms with E-state index in [1.165, 1.54) is 31.0 Å². The van der Waals surface area contributed by atoms with Crippen molar-refractivity contribution in [2.24, 2.45) is 0 Å². The summed E-state index contributed by atoms with van der Waals surface area (Å²) in [7, 11) is 0. The second-order valence-electron chi connectivity index (χ2n) is 10.8. The van der Waals surface area contributed by atoms with E-state index in [0.717, 1.165) is 34.2 Å². The van der Waals surface area contributed by atoms with E-state index in [4.69, 9.17) is 9.84 Å². The number of carboxylic acids is 1.